The standard InChI is InChI=1S/C9H19N5/c1-3-4-5-6-7-10-8(2)9-11-13-14-12-9/h8,10H,3-7H2,1-2H3,(H,11,12,13,14). The Bertz CT molecular complexity index is 221. The molecule has 0 saturated heterocycles. The average Bonchev–Trinajstić information content (AvgIpc) is 2.70. The molecule has 0 aliphatic rings. The summed E-state index contributed by atoms with van der Waals surface area (Å²) in [5.74, 6) is 0.737. The van der Waals surface area contributed by atoms with Gasteiger partial charge in [0.1, 0.15) is 0 Å². The molecular weight excluding hydrogens is 178 g/mol. The van der Waals surface area contributed by atoms with Gasteiger partial charge in [-0.3, -0.25) is 0 Å². The van der Waals surface area contributed by atoms with Gasteiger partial charge in [-0.2, -0.15) is 5.21 Å². The molecule has 0 aromatic carbocycles. The van der Waals surface area contributed by atoms with Crippen LogP contribution < -0.4 is 5.32 Å². The molecule has 0 aliphatic heterocycles. The summed E-state index contributed by atoms with van der Waals surface area (Å²) in [6, 6.07) is 0.190. The maximum Gasteiger partial charge on any atom is 0.191 e. The van der Waals surface area contributed by atoms with Crippen LogP contribution in [0.3, 0.4) is 0 Å². The number of hydrogen-bond donors (Lipinski definition) is 2. The quantitative estimate of drug-likeness (QED) is 0.649. The Morgan fingerprint density at radius 3 is 2.86 bits per heavy atom. The summed E-state index contributed by atoms with van der Waals surface area (Å²) in [6.45, 7) is 5.29. The molecule has 0 spiro atoms. The van der Waals surface area contributed by atoms with Gasteiger partial charge in [0.15, 0.2) is 5.82 Å². The average molecular weight is 197 g/mol. The minimum Gasteiger partial charge on any atom is -0.307 e. The minimum absolute atomic E-state index is 0.190. The lowest BCUT2D eigenvalue weighted by molar-refractivity contribution is 0.518. The first-order valence-corrected chi connectivity index (χ1v) is 5.31. The zero-order chi connectivity index (χ0) is 10.2. The van der Waals surface area contributed by atoms with Gasteiger partial charge in [-0.15, -0.1) is 10.2 Å². The van der Waals surface area contributed by atoms with E-state index in [9.17, 15) is 0 Å². The van der Waals surface area contributed by atoms with Crippen molar-refractivity contribution in [3.05, 3.63) is 5.82 Å². The predicted molar refractivity (Wildman–Crippen MR) is 54.7 cm³/mol. The maximum atomic E-state index is 3.92. The van der Waals surface area contributed by atoms with E-state index in [0.29, 0.717) is 0 Å². The monoisotopic (exact) mass is 197 g/mol. The normalized spacial score (nSPS) is 13.0. The molecule has 14 heavy (non-hydrogen) atoms. The zero-order valence-electron chi connectivity index (χ0n) is 8.95. The summed E-state index contributed by atoms with van der Waals surface area (Å²) in [4.78, 5) is 0. The lowest BCUT2D eigenvalue weighted by Gasteiger charge is -2.08. The van der Waals surface area contributed by atoms with Crippen LogP contribution in [0.15, 0.2) is 0 Å². The van der Waals surface area contributed by atoms with E-state index in [1.807, 2.05) is 6.92 Å². The van der Waals surface area contributed by atoms with Crippen LogP contribution in [0.1, 0.15) is 51.4 Å². The van der Waals surface area contributed by atoms with Gasteiger partial charge in [0.2, 0.25) is 0 Å². The third-order valence-electron chi connectivity index (χ3n) is 2.23. The molecule has 80 valence electrons. The fraction of sp³-hybridized carbons (Fsp3) is 0.889. The lowest BCUT2D eigenvalue weighted by atomic mass is 10.2. The van der Waals surface area contributed by atoms with Crippen LogP contribution in [-0.4, -0.2) is 27.2 Å². The summed E-state index contributed by atoms with van der Waals surface area (Å²) in [5, 5.41) is 17.2. The molecule has 1 aromatic rings. The fourth-order valence-electron chi connectivity index (χ4n) is 1.31. The van der Waals surface area contributed by atoms with Crippen LogP contribution in [0, 0.1) is 0 Å². The molecule has 1 heterocycles. The smallest absolute Gasteiger partial charge is 0.191 e. The number of nitrogens with zero attached hydrogens (tertiary/aromatic N) is 3. The highest BCUT2D eigenvalue weighted by molar-refractivity contribution is 4.85. The van der Waals surface area contributed by atoms with Crippen LogP contribution in [0.4, 0.5) is 0 Å². The minimum atomic E-state index is 0.190. The summed E-state index contributed by atoms with van der Waals surface area (Å²) >= 11 is 0. The molecule has 2 N–H and O–H groups in total. The number of hydrogen-bond acceptors (Lipinski definition) is 4. The number of H-pyrrole nitrogens is 1. The maximum absolute atomic E-state index is 3.92. The highest BCUT2D eigenvalue weighted by Gasteiger charge is 2.07. The van der Waals surface area contributed by atoms with Crippen molar-refractivity contribution in [3.63, 3.8) is 0 Å². The Morgan fingerprint density at radius 1 is 1.36 bits per heavy atom. The van der Waals surface area contributed by atoms with Crippen molar-refractivity contribution in [1.29, 1.82) is 0 Å². The van der Waals surface area contributed by atoms with Crippen molar-refractivity contribution in [1.82, 2.24) is 25.9 Å². The third-order valence-corrected chi connectivity index (χ3v) is 2.23. The van der Waals surface area contributed by atoms with Crippen LogP contribution in [-0.2, 0) is 0 Å². The van der Waals surface area contributed by atoms with Crippen LogP contribution >= 0.6 is 0 Å². The van der Waals surface area contributed by atoms with Crippen LogP contribution in [0.25, 0.3) is 0 Å². The first-order valence-electron chi connectivity index (χ1n) is 5.31. The lowest BCUT2D eigenvalue weighted by Crippen LogP contribution is -2.20. The van der Waals surface area contributed by atoms with Crippen LogP contribution in [0.2, 0.25) is 0 Å². The van der Waals surface area contributed by atoms with Gasteiger partial charge in [0, 0.05) is 0 Å². The molecule has 0 radical (unpaired) electrons. The summed E-state index contributed by atoms with van der Waals surface area (Å²) in [7, 11) is 0. The molecule has 1 atom stereocenters. The molecule has 1 unspecified atom stereocenters. The van der Waals surface area contributed by atoms with E-state index in [2.05, 4.69) is 32.9 Å². The largest absolute Gasteiger partial charge is 0.307 e. The second-order valence-electron chi connectivity index (χ2n) is 3.51. The fourth-order valence-corrected chi connectivity index (χ4v) is 1.31. The van der Waals surface area contributed by atoms with E-state index in [4.69, 9.17) is 0 Å². The second-order valence-corrected chi connectivity index (χ2v) is 3.51. The van der Waals surface area contributed by atoms with Gasteiger partial charge in [-0.05, 0) is 19.9 Å². The Balaban J connectivity index is 2.07. The molecule has 0 saturated carbocycles. The molecular formula is C9H19N5. The molecule has 0 bridgehead atoms. The highest BCUT2D eigenvalue weighted by Crippen LogP contribution is 2.04. The molecule has 1 rings (SSSR count). The van der Waals surface area contributed by atoms with Gasteiger partial charge < -0.3 is 5.32 Å². The van der Waals surface area contributed by atoms with E-state index in [-0.39, 0.29) is 6.04 Å². The van der Waals surface area contributed by atoms with Gasteiger partial charge in [0.25, 0.3) is 0 Å². The van der Waals surface area contributed by atoms with Crippen molar-refractivity contribution < 1.29 is 0 Å². The van der Waals surface area contributed by atoms with Crippen molar-refractivity contribution in [3.8, 4) is 0 Å². The van der Waals surface area contributed by atoms with E-state index in [1.54, 1.807) is 0 Å². The van der Waals surface area contributed by atoms with Gasteiger partial charge >= 0.3 is 0 Å². The van der Waals surface area contributed by atoms with Crippen LogP contribution in [0.5, 0.6) is 0 Å². The number of aromatic amines is 1. The van der Waals surface area contributed by atoms with Crippen molar-refractivity contribution in [2.45, 2.75) is 45.6 Å². The summed E-state index contributed by atoms with van der Waals surface area (Å²) < 4.78 is 0. The van der Waals surface area contributed by atoms with E-state index >= 15 is 0 Å². The van der Waals surface area contributed by atoms with E-state index in [0.717, 1.165) is 12.4 Å². The van der Waals surface area contributed by atoms with Crippen molar-refractivity contribution >= 4 is 0 Å². The molecule has 5 nitrogen and oxygen atoms in total. The van der Waals surface area contributed by atoms with Gasteiger partial charge in [0.05, 0.1) is 6.04 Å². The number of tetrazole rings is 1. The number of unbranched alkanes of at least 4 members (excludes halogenated alkanes) is 3. The molecule has 0 fully saturated rings. The topological polar surface area (TPSA) is 66.5 Å². The second kappa shape index (κ2) is 6.48. The first kappa shape index (κ1) is 11.1. The SMILES string of the molecule is CCCCCCNC(C)c1nn[nH]n1. The summed E-state index contributed by atoms with van der Waals surface area (Å²) in [6.07, 6.45) is 5.11. The molecule has 1 aromatic heterocycles. The van der Waals surface area contributed by atoms with E-state index in [1.165, 1.54) is 25.7 Å². The van der Waals surface area contributed by atoms with E-state index < -0.39 is 0 Å². The van der Waals surface area contributed by atoms with Gasteiger partial charge in [-0.25, -0.2) is 0 Å². The number of rotatable bonds is 7. The molecule has 0 aliphatic carbocycles. The summed E-state index contributed by atoms with van der Waals surface area (Å²) in [5.41, 5.74) is 0. The first-order chi connectivity index (χ1) is 6.84. The molecule has 5 heteroatoms. The highest BCUT2D eigenvalue weighted by atomic mass is 15.5. The third kappa shape index (κ3) is 3.83. The predicted octanol–water partition coefficient (Wildman–Crippen LogP) is 1.43. The van der Waals surface area contributed by atoms with Crippen molar-refractivity contribution in [2.75, 3.05) is 6.54 Å². The Morgan fingerprint density at radius 2 is 2.21 bits per heavy atom. The Kier molecular flexibility index (Phi) is 5.14. The number of nitrogens with one attached hydrogen (secondary N) is 2. The Hall–Kier alpha value is -0.970. The number of aromatic nitrogens is 4. The van der Waals surface area contributed by atoms with Crippen molar-refractivity contribution in [2.24, 2.45) is 0 Å². The zero-order valence-corrected chi connectivity index (χ0v) is 8.95. The Labute approximate surface area is 84.7 Å². The van der Waals surface area contributed by atoms with Gasteiger partial charge in [-0.1, -0.05) is 31.4 Å². The molecule has 0 amide bonds.